The van der Waals surface area contributed by atoms with Gasteiger partial charge in [-0.15, -0.1) is 0 Å². The number of nitrogens with one attached hydrogen (secondary N) is 2. The zero-order valence-corrected chi connectivity index (χ0v) is 20.0. The van der Waals surface area contributed by atoms with E-state index in [1.807, 2.05) is 31.7 Å². The fraction of sp³-hybridized carbons (Fsp3) is 0.680. The number of hydrogen-bond donors (Lipinski definition) is 2. The standard InChI is InChI=1S/C25H37N5O3/c1-16(2)33-25(32)29-13-17(3)30(24(31)19-4-5-19)22-7-6-20(10-23(22)29)21-12-27-28(15-21)14-18-8-9-26-11-18/h6-7,10,16-19,21,26-27H,4-5,8-9,11-15H2,1-3H3/t17-,18-,21?/m0/s1. The minimum Gasteiger partial charge on any atom is -0.446 e. The number of anilines is 2. The Bertz CT molecular complexity index is 896. The Labute approximate surface area is 196 Å². The van der Waals surface area contributed by atoms with Gasteiger partial charge >= 0.3 is 6.09 Å². The Morgan fingerprint density at radius 2 is 1.94 bits per heavy atom. The summed E-state index contributed by atoms with van der Waals surface area (Å²) >= 11 is 0. The van der Waals surface area contributed by atoms with Gasteiger partial charge in [0.25, 0.3) is 0 Å². The zero-order valence-electron chi connectivity index (χ0n) is 20.0. The average Bonchev–Trinajstić information content (AvgIpc) is 3.31. The van der Waals surface area contributed by atoms with Crippen LogP contribution in [0.4, 0.5) is 16.2 Å². The first-order valence-electron chi connectivity index (χ1n) is 12.5. The Hall–Kier alpha value is -2.16. The summed E-state index contributed by atoms with van der Waals surface area (Å²) in [5.41, 5.74) is 6.39. The van der Waals surface area contributed by atoms with Gasteiger partial charge in [-0.2, -0.15) is 0 Å². The van der Waals surface area contributed by atoms with Crippen LogP contribution in [-0.4, -0.2) is 68.4 Å². The van der Waals surface area contributed by atoms with Crippen molar-refractivity contribution >= 4 is 23.4 Å². The number of amides is 2. The second-order valence-corrected chi connectivity index (χ2v) is 10.4. The first-order chi connectivity index (χ1) is 15.9. The molecule has 3 heterocycles. The van der Waals surface area contributed by atoms with Crippen LogP contribution in [0.2, 0.25) is 0 Å². The molecule has 33 heavy (non-hydrogen) atoms. The van der Waals surface area contributed by atoms with Crippen molar-refractivity contribution < 1.29 is 14.3 Å². The van der Waals surface area contributed by atoms with E-state index in [9.17, 15) is 9.59 Å². The van der Waals surface area contributed by atoms with E-state index in [1.165, 1.54) is 12.0 Å². The molecule has 1 unspecified atom stereocenters. The molecule has 0 aromatic heterocycles. The van der Waals surface area contributed by atoms with E-state index in [1.54, 1.807) is 4.90 Å². The van der Waals surface area contributed by atoms with Gasteiger partial charge in [-0.25, -0.2) is 9.80 Å². The predicted octanol–water partition coefficient (Wildman–Crippen LogP) is 2.70. The summed E-state index contributed by atoms with van der Waals surface area (Å²) in [6.45, 7) is 11.3. The van der Waals surface area contributed by atoms with Crippen LogP contribution in [0.1, 0.15) is 51.5 Å². The van der Waals surface area contributed by atoms with E-state index in [0.29, 0.717) is 18.4 Å². The predicted molar refractivity (Wildman–Crippen MR) is 128 cm³/mol. The third-order valence-corrected chi connectivity index (χ3v) is 7.27. The molecule has 2 N–H and O–H groups in total. The lowest BCUT2D eigenvalue weighted by Crippen LogP contribution is -2.52. The van der Waals surface area contributed by atoms with E-state index in [-0.39, 0.29) is 30.1 Å². The number of ether oxygens (including phenoxy) is 1. The molecule has 0 spiro atoms. The van der Waals surface area contributed by atoms with Crippen molar-refractivity contribution in [2.75, 3.05) is 49.1 Å². The minimum atomic E-state index is -0.339. The van der Waals surface area contributed by atoms with Gasteiger partial charge in [0, 0.05) is 38.0 Å². The highest BCUT2D eigenvalue weighted by molar-refractivity contribution is 6.04. The van der Waals surface area contributed by atoms with Crippen LogP contribution >= 0.6 is 0 Å². The van der Waals surface area contributed by atoms with E-state index >= 15 is 0 Å². The monoisotopic (exact) mass is 455 g/mol. The third-order valence-electron chi connectivity index (χ3n) is 7.27. The Balaban J connectivity index is 1.40. The SMILES string of the molecule is CC(C)OC(=O)N1C[C@H](C)N(C(=O)C2CC2)c2ccc(C3CNN(C[C@H]4CCNC4)C3)cc21. The van der Waals surface area contributed by atoms with Crippen molar-refractivity contribution in [1.29, 1.82) is 0 Å². The van der Waals surface area contributed by atoms with E-state index < -0.39 is 0 Å². The molecule has 2 amide bonds. The summed E-state index contributed by atoms with van der Waals surface area (Å²) in [6.07, 6.45) is 2.64. The maximum atomic E-state index is 13.1. The quantitative estimate of drug-likeness (QED) is 0.711. The summed E-state index contributed by atoms with van der Waals surface area (Å²) in [7, 11) is 0. The van der Waals surface area contributed by atoms with Crippen LogP contribution in [0.25, 0.3) is 0 Å². The van der Waals surface area contributed by atoms with Crippen LogP contribution in [0.5, 0.6) is 0 Å². The number of fused-ring (bicyclic) bond motifs is 1. The van der Waals surface area contributed by atoms with Crippen molar-refractivity contribution in [3.8, 4) is 0 Å². The van der Waals surface area contributed by atoms with Gasteiger partial charge in [0.15, 0.2) is 0 Å². The molecule has 4 aliphatic rings. The van der Waals surface area contributed by atoms with Crippen molar-refractivity contribution in [3.05, 3.63) is 23.8 Å². The molecule has 3 aliphatic heterocycles. The molecule has 180 valence electrons. The highest BCUT2D eigenvalue weighted by Gasteiger charge is 2.41. The van der Waals surface area contributed by atoms with Gasteiger partial charge in [-0.3, -0.25) is 15.1 Å². The highest BCUT2D eigenvalue weighted by Crippen LogP contribution is 2.42. The second-order valence-electron chi connectivity index (χ2n) is 10.4. The maximum Gasteiger partial charge on any atom is 0.414 e. The van der Waals surface area contributed by atoms with E-state index in [4.69, 9.17) is 4.74 Å². The molecular formula is C25H37N5O3. The van der Waals surface area contributed by atoms with Gasteiger partial charge in [0.1, 0.15) is 0 Å². The topological polar surface area (TPSA) is 77.2 Å². The number of carbonyl (C=O) groups is 2. The fourth-order valence-electron chi connectivity index (χ4n) is 5.38. The Morgan fingerprint density at radius 1 is 1.12 bits per heavy atom. The van der Waals surface area contributed by atoms with Crippen LogP contribution in [-0.2, 0) is 9.53 Å². The molecule has 2 saturated heterocycles. The van der Waals surface area contributed by atoms with Gasteiger partial charge < -0.3 is 15.0 Å². The fourth-order valence-corrected chi connectivity index (χ4v) is 5.38. The third kappa shape index (κ3) is 4.74. The summed E-state index contributed by atoms with van der Waals surface area (Å²) in [5, 5.41) is 5.79. The van der Waals surface area contributed by atoms with Gasteiger partial charge in [0.2, 0.25) is 5.91 Å². The molecule has 1 aromatic rings. The lowest BCUT2D eigenvalue weighted by atomic mass is 9.96. The van der Waals surface area contributed by atoms with E-state index in [2.05, 4.69) is 27.9 Å². The first-order valence-corrected chi connectivity index (χ1v) is 12.5. The number of hydrogen-bond acceptors (Lipinski definition) is 6. The van der Waals surface area contributed by atoms with Crippen molar-refractivity contribution in [3.63, 3.8) is 0 Å². The first kappa shape index (κ1) is 22.6. The lowest BCUT2D eigenvalue weighted by molar-refractivity contribution is -0.120. The van der Waals surface area contributed by atoms with Crippen molar-refractivity contribution in [1.82, 2.24) is 15.8 Å². The smallest absolute Gasteiger partial charge is 0.414 e. The van der Waals surface area contributed by atoms with Crippen LogP contribution in [0.15, 0.2) is 18.2 Å². The molecule has 1 saturated carbocycles. The second kappa shape index (κ2) is 9.24. The molecule has 8 heteroatoms. The molecule has 3 fully saturated rings. The minimum absolute atomic E-state index is 0.0835. The lowest BCUT2D eigenvalue weighted by Gasteiger charge is -2.41. The molecular weight excluding hydrogens is 418 g/mol. The van der Waals surface area contributed by atoms with Crippen LogP contribution in [0, 0.1) is 11.8 Å². The number of rotatable bonds is 5. The molecule has 1 aliphatic carbocycles. The molecule has 3 atom stereocenters. The van der Waals surface area contributed by atoms with Crippen molar-refractivity contribution in [2.45, 2.75) is 58.1 Å². The van der Waals surface area contributed by atoms with Gasteiger partial charge in [0.05, 0.1) is 23.5 Å². The van der Waals surface area contributed by atoms with E-state index in [0.717, 1.165) is 56.9 Å². The average molecular weight is 456 g/mol. The zero-order chi connectivity index (χ0) is 23.1. The molecule has 0 radical (unpaired) electrons. The molecule has 0 bridgehead atoms. The Kier molecular flexibility index (Phi) is 6.33. The molecule has 1 aromatic carbocycles. The molecule has 5 rings (SSSR count). The summed E-state index contributed by atoms with van der Waals surface area (Å²) < 4.78 is 5.56. The summed E-state index contributed by atoms with van der Waals surface area (Å²) in [6, 6.07) is 6.21. The summed E-state index contributed by atoms with van der Waals surface area (Å²) in [5.74, 6) is 1.36. The summed E-state index contributed by atoms with van der Waals surface area (Å²) in [4.78, 5) is 29.7. The Morgan fingerprint density at radius 3 is 2.64 bits per heavy atom. The van der Waals surface area contributed by atoms with Crippen LogP contribution in [0.3, 0.4) is 0 Å². The highest BCUT2D eigenvalue weighted by atomic mass is 16.6. The number of benzene rings is 1. The largest absolute Gasteiger partial charge is 0.446 e. The van der Waals surface area contributed by atoms with Gasteiger partial charge in [-0.05, 0) is 76.7 Å². The van der Waals surface area contributed by atoms with Gasteiger partial charge in [-0.1, -0.05) is 6.07 Å². The number of nitrogens with zero attached hydrogens (tertiary/aromatic N) is 3. The van der Waals surface area contributed by atoms with Crippen LogP contribution < -0.4 is 20.5 Å². The van der Waals surface area contributed by atoms with Crippen molar-refractivity contribution in [2.24, 2.45) is 11.8 Å². The normalized spacial score (nSPS) is 27.8. The maximum absolute atomic E-state index is 13.1. The molecule has 8 nitrogen and oxygen atoms in total. The number of carbonyl (C=O) groups excluding carboxylic acids is 2. The number of hydrazine groups is 1.